The lowest BCUT2D eigenvalue weighted by Gasteiger charge is -2.53. The molecule has 0 aromatic heterocycles. The molecule has 3 saturated heterocycles. The quantitative estimate of drug-likeness (QED) is 0.826. The van der Waals surface area contributed by atoms with E-state index in [0.29, 0.717) is 24.6 Å². The van der Waals surface area contributed by atoms with E-state index in [0.717, 1.165) is 26.0 Å². The first-order chi connectivity index (χ1) is 12.6. The zero-order chi connectivity index (χ0) is 18.1. The summed E-state index contributed by atoms with van der Waals surface area (Å²) in [5, 5.41) is 0. The van der Waals surface area contributed by atoms with Crippen molar-refractivity contribution in [1.82, 2.24) is 9.80 Å². The molecule has 1 unspecified atom stereocenters. The van der Waals surface area contributed by atoms with Crippen LogP contribution in [0.4, 0.5) is 4.39 Å². The molecule has 1 spiro atoms. The second-order valence-electron chi connectivity index (χ2n) is 7.92. The maximum absolute atomic E-state index is 13.8. The summed E-state index contributed by atoms with van der Waals surface area (Å²) in [6.45, 7) is 5.59. The number of hydrogen-bond acceptors (Lipinski definition) is 4. The van der Waals surface area contributed by atoms with Gasteiger partial charge in [0.15, 0.2) is 11.6 Å². The van der Waals surface area contributed by atoms with E-state index in [-0.39, 0.29) is 17.3 Å². The van der Waals surface area contributed by atoms with Crippen LogP contribution < -0.4 is 4.74 Å². The Balaban J connectivity index is 1.28. The van der Waals surface area contributed by atoms with Crippen molar-refractivity contribution in [1.29, 1.82) is 0 Å². The molecular formula is C20H27FN2O3. The van der Waals surface area contributed by atoms with Crippen molar-refractivity contribution in [2.24, 2.45) is 5.92 Å². The maximum atomic E-state index is 13.8. The molecule has 4 rings (SSSR count). The average Bonchev–Trinajstić information content (AvgIpc) is 3.13. The topological polar surface area (TPSA) is 42.0 Å². The third kappa shape index (κ3) is 3.45. The Morgan fingerprint density at radius 1 is 1.35 bits per heavy atom. The number of amides is 1. The molecule has 3 fully saturated rings. The van der Waals surface area contributed by atoms with Gasteiger partial charge in [0, 0.05) is 12.1 Å². The summed E-state index contributed by atoms with van der Waals surface area (Å²) in [7, 11) is 1.41. The van der Waals surface area contributed by atoms with E-state index in [1.807, 2.05) is 0 Å². The summed E-state index contributed by atoms with van der Waals surface area (Å²) in [4.78, 5) is 16.9. The standard InChI is InChI=1S/C20H27FN2O3/c1-25-18-5-4-16(10-17(18)21)19(24)23-13-20(14-23)7-6-15(12-26-20)11-22-8-2-3-9-22/h4-5,10,15H,2-3,6-9,11-14H2,1H3. The van der Waals surface area contributed by atoms with E-state index in [2.05, 4.69) is 4.90 Å². The Kier molecular flexibility index (Phi) is 4.88. The van der Waals surface area contributed by atoms with Gasteiger partial charge in [-0.2, -0.15) is 0 Å². The van der Waals surface area contributed by atoms with Gasteiger partial charge in [-0.3, -0.25) is 4.79 Å². The van der Waals surface area contributed by atoms with Gasteiger partial charge in [-0.05, 0) is 62.9 Å². The lowest BCUT2D eigenvalue weighted by Crippen LogP contribution is -2.66. The highest BCUT2D eigenvalue weighted by Crippen LogP contribution is 2.37. The molecule has 3 heterocycles. The minimum Gasteiger partial charge on any atom is -0.494 e. The van der Waals surface area contributed by atoms with Crippen LogP contribution in [0.5, 0.6) is 5.75 Å². The molecule has 142 valence electrons. The van der Waals surface area contributed by atoms with Gasteiger partial charge in [0.2, 0.25) is 0 Å². The molecule has 1 aromatic rings. The first-order valence-corrected chi connectivity index (χ1v) is 9.58. The molecular weight excluding hydrogens is 335 g/mol. The predicted octanol–water partition coefficient (Wildman–Crippen LogP) is 2.55. The van der Waals surface area contributed by atoms with Crippen LogP contribution in [0.3, 0.4) is 0 Å². The SMILES string of the molecule is COc1ccc(C(=O)N2CC3(CCC(CN4CCCC4)CO3)C2)cc1F. The monoisotopic (exact) mass is 362 g/mol. The number of hydrogen-bond donors (Lipinski definition) is 0. The minimum absolute atomic E-state index is 0.139. The number of benzene rings is 1. The van der Waals surface area contributed by atoms with Gasteiger partial charge < -0.3 is 19.3 Å². The highest BCUT2D eigenvalue weighted by molar-refractivity contribution is 5.95. The third-order valence-electron chi connectivity index (χ3n) is 5.99. The lowest BCUT2D eigenvalue weighted by molar-refractivity contribution is -0.168. The van der Waals surface area contributed by atoms with E-state index in [9.17, 15) is 9.18 Å². The summed E-state index contributed by atoms with van der Waals surface area (Å²) >= 11 is 0. The molecule has 3 aliphatic rings. The Hall–Kier alpha value is -1.66. The number of methoxy groups -OCH3 is 1. The number of likely N-dealkylation sites (tertiary alicyclic amines) is 2. The van der Waals surface area contributed by atoms with E-state index in [1.54, 1.807) is 11.0 Å². The van der Waals surface area contributed by atoms with Crippen LogP contribution in [-0.4, -0.2) is 67.7 Å². The molecule has 0 radical (unpaired) electrons. The van der Waals surface area contributed by atoms with Crippen molar-refractivity contribution >= 4 is 5.91 Å². The van der Waals surface area contributed by atoms with Gasteiger partial charge in [0.25, 0.3) is 5.91 Å². The van der Waals surface area contributed by atoms with E-state index >= 15 is 0 Å². The molecule has 5 nitrogen and oxygen atoms in total. The fourth-order valence-corrected chi connectivity index (χ4v) is 4.42. The second-order valence-corrected chi connectivity index (χ2v) is 7.92. The highest BCUT2D eigenvalue weighted by atomic mass is 19.1. The summed E-state index contributed by atoms with van der Waals surface area (Å²) in [6.07, 6.45) is 4.81. The van der Waals surface area contributed by atoms with Crippen molar-refractivity contribution < 1.29 is 18.7 Å². The summed E-state index contributed by atoms with van der Waals surface area (Å²) in [6, 6.07) is 4.36. The van der Waals surface area contributed by atoms with Gasteiger partial charge in [0.05, 0.1) is 26.8 Å². The fourth-order valence-electron chi connectivity index (χ4n) is 4.42. The molecule has 0 bridgehead atoms. The van der Waals surface area contributed by atoms with Crippen molar-refractivity contribution in [2.75, 3.05) is 46.4 Å². The van der Waals surface area contributed by atoms with E-state index in [1.165, 1.54) is 45.2 Å². The van der Waals surface area contributed by atoms with Gasteiger partial charge in [-0.1, -0.05) is 0 Å². The van der Waals surface area contributed by atoms with Gasteiger partial charge in [0.1, 0.15) is 5.60 Å². The molecule has 26 heavy (non-hydrogen) atoms. The zero-order valence-electron chi connectivity index (χ0n) is 15.4. The number of carbonyl (C=O) groups excluding carboxylic acids is 1. The van der Waals surface area contributed by atoms with Gasteiger partial charge in [-0.25, -0.2) is 4.39 Å². The number of rotatable bonds is 4. The molecule has 6 heteroatoms. The zero-order valence-corrected chi connectivity index (χ0v) is 15.4. The fraction of sp³-hybridized carbons (Fsp3) is 0.650. The average molecular weight is 362 g/mol. The largest absolute Gasteiger partial charge is 0.494 e. The van der Waals surface area contributed by atoms with Crippen molar-refractivity contribution in [3.05, 3.63) is 29.6 Å². The second kappa shape index (κ2) is 7.16. The normalized spacial score (nSPS) is 25.3. The van der Waals surface area contributed by atoms with Crippen LogP contribution >= 0.6 is 0 Å². The van der Waals surface area contributed by atoms with Crippen LogP contribution in [0.2, 0.25) is 0 Å². The Morgan fingerprint density at radius 3 is 2.73 bits per heavy atom. The molecule has 1 atom stereocenters. The smallest absolute Gasteiger partial charge is 0.254 e. The van der Waals surface area contributed by atoms with E-state index < -0.39 is 5.82 Å². The minimum atomic E-state index is -0.507. The third-order valence-corrected chi connectivity index (χ3v) is 5.99. The van der Waals surface area contributed by atoms with Crippen LogP contribution in [0.1, 0.15) is 36.0 Å². The molecule has 1 aromatic carbocycles. The molecule has 1 amide bonds. The Labute approximate surface area is 154 Å². The van der Waals surface area contributed by atoms with Gasteiger partial charge >= 0.3 is 0 Å². The Bertz CT molecular complexity index is 659. The maximum Gasteiger partial charge on any atom is 0.254 e. The van der Waals surface area contributed by atoms with Crippen LogP contribution in [0, 0.1) is 11.7 Å². The lowest BCUT2D eigenvalue weighted by atomic mass is 9.82. The molecule has 0 N–H and O–H groups in total. The van der Waals surface area contributed by atoms with E-state index in [4.69, 9.17) is 9.47 Å². The van der Waals surface area contributed by atoms with Crippen molar-refractivity contribution in [3.63, 3.8) is 0 Å². The summed E-state index contributed by atoms with van der Waals surface area (Å²) in [5.74, 6) is 0.118. The molecule has 0 saturated carbocycles. The first kappa shape index (κ1) is 17.7. The number of ether oxygens (including phenoxy) is 2. The Morgan fingerprint density at radius 2 is 2.12 bits per heavy atom. The number of halogens is 1. The van der Waals surface area contributed by atoms with Crippen LogP contribution in [0.25, 0.3) is 0 Å². The number of nitrogens with zero attached hydrogens (tertiary/aromatic N) is 2. The van der Waals surface area contributed by atoms with Gasteiger partial charge in [-0.15, -0.1) is 0 Å². The van der Waals surface area contributed by atoms with Crippen LogP contribution in [0.15, 0.2) is 18.2 Å². The highest BCUT2D eigenvalue weighted by Gasteiger charge is 2.48. The van der Waals surface area contributed by atoms with Crippen molar-refractivity contribution in [3.8, 4) is 5.75 Å². The summed E-state index contributed by atoms with van der Waals surface area (Å²) in [5.41, 5.74) is 0.184. The number of carbonyl (C=O) groups is 1. The van der Waals surface area contributed by atoms with Crippen molar-refractivity contribution in [2.45, 2.75) is 31.3 Å². The van der Waals surface area contributed by atoms with Crippen LogP contribution in [-0.2, 0) is 4.74 Å². The predicted molar refractivity (Wildman–Crippen MR) is 95.9 cm³/mol. The summed E-state index contributed by atoms with van der Waals surface area (Å²) < 4.78 is 24.9. The first-order valence-electron chi connectivity index (χ1n) is 9.58. The molecule has 3 aliphatic heterocycles. The molecule has 0 aliphatic carbocycles.